The van der Waals surface area contributed by atoms with Crippen LogP contribution in [0, 0.1) is 22.5 Å². The lowest BCUT2D eigenvalue weighted by Gasteiger charge is -2.50. The van der Waals surface area contributed by atoms with Crippen molar-refractivity contribution in [1.29, 1.82) is 0 Å². The largest absolute Gasteiger partial charge is 0.391 e. The second-order valence-electron chi connectivity index (χ2n) is 11.3. The van der Waals surface area contributed by atoms with Gasteiger partial charge in [0.1, 0.15) is 11.6 Å². The first kappa shape index (κ1) is 31.5. The third-order valence-electron chi connectivity index (χ3n) is 8.02. The molecule has 220 valence electrons. The van der Waals surface area contributed by atoms with Crippen LogP contribution in [-0.2, 0) is 29.6 Å². The number of rotatable bonds is 14. The second-order valence-corrected chi connectivity index (χ2v) is 11.3. The predicted octanol–water partition coefficient (Wildman–Crippen LogP) is 4.23. The number of benzene rings is 1. The first-order chi connectivity index (χ1) is 19.0. The van der Waals surface area contributed by atoms with Crippen molar-refractivity contribution in [3.05, 3.63) is 71.1 Å². The van der Waals surface area contributed by atoms with Crippen LogP contribution in [0.4, 0.5) is 8.78 Å². The molecule has 3 rings (SSSR count). The molecule has 0 saturated heterocycles. The number of hydrogen-bond donors (Lipinski definition) is 3. The van der Waals surface area contributed by atoms with Gasteiger partial charge in [0.05, 0.1) is 16.9 Å². The van der Waals surface area contributed by atoms with Crippen molar-refractivity contribution in [2.24, 2.45) is 23.6 Å². The Labute approximate surface area is 236 Å². The van der Waals surface area contributed by atoms with Crippen molar-refractivity contribution in [2.45, 2.75) is 71.9 Å². The highest BCUT2D eigenvalue weighted by Gasteiger charge is 2.59. The third kappa shape index (κ3) is 6.81. The van der Waals surface area contributed by atoms with Gasteiger partial charge < -0.3 is 25.6 Å². The highest BCUT2D eigenvalue weighted by Crippen LogP contribution is 2.51. The van der Waals surface area contributed by atoms with Crippen LogP contribution in [0.3, 0.4) is 0 Å². The van der Waals surface area contributed by atoms with E-state index in [-0.39, 0.29) is 24.3 Å². The predicted molar refractivity (Wildman–Crippen MR) is 152 cm³/mol. The molecule has 0 spiro atoms. The quantitative estimate of drug-likeness (QED) is 0.239. The molecule has 3 atom stereocenters. The summed E-state index contributed by atoms with van der Waals surface area (Å²) in [5.74, 6) is -2.62. The standard InChI is InChI=1S/C31H44F2N4O3/c1-5-12-37(13-6-2)29(40)30(10-8-11-35-21-26-9-7-14-36(26)4)18-22(3)19-31(27(30)38,28(34)39)20-23-15-24(32)17-25(33)16-23/h7,9,14-17,19,27,35,38H,5-6,8,10-13,18,20-21H2,1-4H3,(H2,34,39)/t27-,30?,31-/m1/s1. The van der Waals surface area contributed by atoms with Crippen molar-refractivity contribution in [2.75, 3.05) is 19.6 Å². The van der Waals surface area contributed by atoms with Gasteiger partial charge in [-0.3, -0.25) is 9.59 Å². The van der Waals surface area contributed by atoms with Crippen molar-refractivity contribution < 1.29 is 23.5 Å². The first-order valence-electron chi connectivity index (χ1n) is 14.2. The molecule has 0 radical (unpaired) electrons. The summed E-state index contributed by atoms with van der Waals surface area (Å²) in [6.45, 7) is 8.09. The summed E-state index contributed by atoms with van der Waals surface area (Å²) >= 11 is 0. The van der Waals surface area contributed by atoms with E-state index < -0.39 is 34.5 Å². The van der Waals surface area contributed by atoms with E-state index in [2.05, 4.69) is 5.32 Å². The Morgan fingerprint density at radius 2 is 1.82 bits per heavy atom. The number of nitrogens with zero attached hydrogens (tertiary/aromatic N) is 2. The summed E-state index contributed by atoms with van der Waals surface area (Å²) in [4.78, 5) is 29.3. The maximum atomic E-state index is 14.4. The van der Waals surface area contributed by atoms with Crippen LogP contribution in [0.1, 0.15) is 64.1 Å². The van der Waals surface area contributed by atoms with Crippen LogP contribution in [0.5, 0.6) is 0 Å². The highest BCUT2D eigenvalue weighted by molar-refractivity contribution is 5.90. The van der Waals surface area contributed by atoms with E-state index in [0.717, 1.165) is 42.3 Å². The van der Waals surface area contributed by atoms with Gasteiger partial charge in [-0.2, -0.15) is 0 Å². The van der Waals surface area contributed by atoms with Crippen LogP contribution in [0.15, 0.2) is 48.2 Å². The summed E-state index contributed by atoms with van der Waals surface area (Å²) in [5.41, 5.74) is 4.98. The topological polar surface area (TPSA) is 101 Å². The average Bonchev–Trinajstić information content (AvgIpc) is 3.29. The van der Waals surface area contributed by atoms with Crippen molar-refractivity contribution in [1.82, 2.24) is 14.8 Å². The lowest BCUT2D eigenvalue weighted by molar-refractivity contribution is -0.162. The Morgan fingerprint density at radius 1 is 1.18 bits per heavy atom. The van der Waals surface area contributed by atoms with Gasteiger partial charge in [0.15, 0.2) is 0 Å². The normalized spacial score (nSPS) is 22.7. The van der Waals surface area contributed by atoms with Crippen LogP contribution >= 0.6 is 0 Å². The van der Waals surface area contributed by atoms with Crippen LogP contribution in [-0.4, -0.2) is 52.1 Å². The lowest BCUT2D eigenvalue weighted by atomic mass is 9.57. The molecular formula is C31H44F2N4O3. The molecule has 2 amide bonds. The number of carbonyl (C=O) groups is 2. The molecule has 9 heteroatoms. The lowest BCUT2D eigenvalue weighted by Crippen LogP contribution is -2.62. The van der Waals surface area contributed by atoms with Gasteiger partial charge in [0.25, 0.3) is 0 Å². The maximum absolute atomic E-state index is 14.4. The highest BCUT2D eigenvalue weighted by atomic mass is 19.1. The van der Waals surface area contributed by atoms with Gasteiger partial charge in [-0.15, -0.1) is 0 Å². The minimum atomic E-state index is -1.71. The average molecular weight is 559 g/mol. The summed E-state index contributed by atoms with van der Waals surface area (Å²) in [7, 11) is 1.97. The molecular weight excluding hydrogens is 514 g/mol. The minimum Gasteiger partial charge on any atom is -0.391 e. The van der Waals surface area contributed by atoms with Gasteiger partial charge in [-0.05, 0) is 81.8 Å². The zero-order chi connectivity index (χ0) is 29.5. The second kappa shape index (κ2) is 13.5. The summed E-state index contributed by atoms with van der Waals surface area (Å²) < 4.78 is 30.2. The number of halogens is 2. The number of hydrogen-bond acceptors (Lipinski definition) is 4. The number of aryl methyl sites for hydroxylation is 1. The number of nitrogens with one attached hydrogen (secondary N) is 1. The van der Waals surface area contributed by atoms with Gasteiger partial charge in [-0.25, -0.2) is 8.78 Å². The van der Waals surface area contributed by atoms with E-state index in [1.165, 1.54) is 0 Å². The van der Waals surface area contributed by atoms with E-state index in [0.29, 0.717) is 39.0 Å². The summed E-state index contributed by atoms with van der Waals surface area (Å²) in [5, 5.41) is 15.5. The number of allylic oxidation sites excluding steroid dienone is 1. The maximum Gasteiger partial charge on any atom is 0.231 e. The van der Waals surface area contributed by atoms with E-state index in [9.17, 15) is 23.5 Å². The van der Waals surface area contributed by atoms with Crippen molar-refractivity contribution in [3.63, 3.8) is 0 Å². The minimum absolute atomic E-state index is 0.186. The molecule has 4 N–H and O–H groups in total. The molecule has 7 nitrogen and oxygen atoms in total. The van der Waals surface area contributed by atoms with Crippen LogP contribution in [0.25, 0.3) is 0 Å². The number of nitrogens with two attached hydrogens (primary N) is 1. The number of aliphatic hydroxyl groups excluding tert-OH is 1. The SMILES string of the molecule is CCCN(CCC)C(=O)C1(CCCNCc2cccn2C)CC(C)=C[C@](Cc2cc(F)cc(F)c2)(C(N)=O)[C@@H]1O. The number of amides is 2. The zero-order valence-electron chi connectivity index (χ0n) is 24.2. The molecule has 1 aromatic heterocycles. The van der Waals surface area contributed by atoms with Crippen LogP contribution in [0.2, 0.25) is 0 Å². The first-order valence-corrected chi connectivity index (χ1v) is 14.2. The molecule has 0 saturated carbocycles. The van der Waals surface area contributed by atoms with Gasteiger partial charge in [0, 0.05) is 44.6 Å². The molecule has 0 aliphatic heterocycles. The molecule has 0 bridgehead atoms. The monoisotopic (exact) mass is 558 g/mol. The fourth-order valence-corrected chi connectivity index (χ4v) is 6.27. The Morgan fingerprint density at radius 3 is 2.38 bits per heavy atom. The van der Waals surface area contributed by atoms with E-state index in [1.54, 1.807) is 11.0 Å². The molecule has 1 aromatic carbocycles. The van der Waals surface area contributed by atoms with E-state index in [4.69, 9.17) is 5.73 Å². The van der Waals surface area contributed by atoms with Gasteiger partial charge >= 0.3 is 0 Å². The number of carbonyl (C=O) groups excluding carboxylic acids is 2. The molecule has 1 aliphatic carbocycles. The number of aromatic nitrogens is 1. The fraction of sp³-hybridized carbons (Fsp3) is 0.548. The zero-order valence-corrected chi connectivity index (χ0v) is 24.2. The fourth-order valence-electron chi connectivity index (χ4n) is 6.27. The summed E-state index contributed by atoms with van der Waals surface area (Å²) in [6, 6.07) is 7.02. The number of aliphatic hydroxyl groups is 1. The van der Waals surface area contributed by atoms with Crippen LogP contribution < -0.4 is 11.1 Å². The van der Waals surface area contributed by atoms with E-state index in [1.807, 2.05) is 50.7 Å². The molecule has 1 unspecified atom stereocenters. The molecule has 1 aliphatic rings. The third-order valence-corrected chi connectivity index (χ3v) is 8.02. The van der Waals surface area contributed by atoms with Gasteiger partial charge in [-0.1, -0.05) is 25.5 Å². The van der Waals surface area contributed by atoms with Gasteiger partial charge in [0.2, 0.25) is 11.8 Å². The van der Waals surface area contributed by atoms with Crippen molar-refractivity contribution >= 4 is 11.8 Å². The molecule has 0 fully saturated rings. The number of primary amides is 1. The Kier molecular flexibility index (Phi) is 10.7. The molecule has 40 heavy (non-hydrogen) atoms. The summed E-state index contributed by atoms with van der Waals surface area (Å²) in [6.07, 6.45) is 4.50. The smallest absolute Gasteiger partial charge is 0.231 e. The molecule has 1 heterocycles. The Balaban J connectivity index is 1.99. The Bertz CT molecular complexity index is 1190. The molecule has 2 aromatic rings. The van der Waals surface area contributed by atoms with E-state index >= 15 is 0 Å². The van der Waals surface area contributed by atoms with Crippen molar-refractivity contribution in [3.8, 4) is 0 Å². The Hall–Kier alpha value is -3.04.